The van der Waals surface area contributed by atoms with Crippen LogP contribution in [0.5, 0.6) is 5.75 Å². The molecule has 14 heteroatoms. The lowest BCUT2D eigenvalue weighted by Crippen LogP contribution is -2.42. The van der Waals surface area contributed by atoms with Gasteiger partial charge < -0.3 is 14.5 Å². The number of sulfonamides is 1. The van der Waals surface area contributed by atoms with Crippen LogP contribution in [0.3, 0.4) is 0 Å². The zero-order valence-corrected chi connectivity index (χ0v) is 22.9. The largest absolute Gasteiger partial charge is 0.493 e. The van der Waals surface area contributed by atoms with E-state index in [1.807, 2.05) is 6.92 Å². The van der Waals surface area contributed by atoms with Gasteiger partial charge in [-0.1, -0.05) is 18.5 Å². The van der Waals surface area contributed by atoms with Gasteiger partial charge in [0.2, 0.25) is 10.0 Å². The summed E-state index contributed by atoms with van der Waals surface area (Å²) in [4.78, 5) is 42.6. The third-order valence-corrected chi connectivity index (χ3v) is 8.44. The number of nitro benzene ring substituents is 1. The van der Waals surface area contributed by atoms with Crippen LogP contribution in [0.25, 0.3) is 22.3 Å². The van der Waals surface area contributed by atoms with E-state index < -0.39 is 38.1 Å². The summed E-state index contributed by atoms with van der Waals surface area (Å²) in [5.74, 6) is -0.705. The molecule has 208 valence electrons. The average Bonchev–Trinajstić information content (AvgIpc) is 2.91. The maximum absolute atomic E-state index is 13.6. The van der Waals surface area contributed by atoms with Crippen molar-refractivity contribution in [2.75, 3.05) is 26.3 Å². The first-order chi connectivity index (χ1) is 18.6. The Labute approximate surface area is 229 Å². The van der Waals surface area contributed by atoms with E-state index in [0.717, 1.165) is 6.07 Å². The minimum Gasteiger partial charge on any atom is -0.493 e. The maximum Gasteiger partial charge on any atom is 0.310 e. The van der Waals surface area contributed by atoms with Gasteiger partial charge in [-0.15, -0.1) is 0 Å². The molecule has 0 spiro atoms. The number of ether oxygens (including phenoxy) is 2. The predicted molar refractivity (Wildman–Crippen MR) is 143 cm³/mol. The van der Waals surface area contributed by atoms with Gasteiger partial charge in [0.15, 0.2) is 0 Å². The zero-order chi connectivity index (χ0) is 28.3. The van der Waals surface area contributed by atoms with E-state index in [1.165, 1.54) is 28.6 Å². The molecule has 0 saturated carbocycles. The molecule has 1 atom stereocenters. The molecule has 1 saturated heterocycles. The molecule has 0 aliphatic carbocycles. The van der Waals surface area contributed by atoms with Crippen molar-refractivity contribution in [1.82, 2.24) is 14.3 Å². The third kappa shape index (κ3) is 5.89. The number of nitrogens with one attached hydrogen (secondary N) is 1. The third-order valence-electron chi connectivity index (χ3n) is 6.28. The maximum atomic E-state index is 13.6. The molecule has 1 aromatic heterocycles. The van der Waals surface area contributed by atoms with Crippen LogP contribution in [-0.4, -0.2) is 59.9 Å². The van der Waals surface area contributed by atoms with E-state index in [2.05, 4.69) is 9.97 Å². The second-order valence-electron chi connectivity index (χ2n) is 8.95. The molecule has 12 nitrogen and oxygen atoms in total. The summed E-state index contributed by atoms with van der Waals surface area (Å²) in [5, 5.41) is 11.0. The molecule has 1 aliphatic heterocycles. The summed E-state index contributed by atoms with van der Waals surface area (Å²) in [7, 11) is -4.03. The second-order valence-corrected chi connectivity index (χ2v) is 11.3. The fraction of sp³-hybridized carbons (Fsp3) is 0.400. The Hall–Kier alpha value is -3.55. The molecule has 1 aliphatic rings. The Balaban J connectivity index is 1.79. The van der Waals surface area contributed by atoms with E-state index in [0.29, 0.717) is 25.9 Å². The number of benzene rings is 2. The highest BCUT2D eigenvalue weighted by Gasteiger charge is 2.34. The number of aromatic nitrogens is 2. The van der Waals surface area contributed by atoms with Crippen LogP contribution in [0.15, 0.2) is 40.0 Å². The van der Waals surface area contributed by atoms with Crippen molar-refractivity contribution < 1.29 is 27.6 Å². The summed E-state index contributed by atoms with van der Waals surface area (Å²) in [5.41, 5.74) is -0.811. The van der Waals surface area contributed by atoms with E-state index >= 15 is 0 Å². The number of piperidine rings is 1. The lowest BCUT2D eigenvalue weighted by atomic mass is 10.0. The molecule has 0 radical (unpaired) electrons. The van der Waals surface area contributed by atoms with Gasteiger partial charge in [-0.05, 0) is 50.5 Å². The van der Waals surface area contributed by atoms with Gasteiger partial charge in [-0.25, -0.2) is 13.4 Å². The fourth-order valence-electron chi connectivity index (χ4n) is 4.37. The normalized spacial score (nSPS) is 16.2. The number of aromatic amines is 1. The van der Waals surface area contributed by atoms with Crippen molar-refractivity contribution in [2.24, 2.45) is 5.92 Å². The average molecular weight is 579 g/mol. The number of hydrogen-bond donors (Lipinski definition) is 1. The molecule has 0 bridgehead atoms. The topological polar surface area (TPSA) is 162 Å². The van der Waals surface area contributed by atoms with Crippen LogP contribution in [0, 0.1) is 16.0 Å². The number of carbonyl (C=O) groups is 1. The highest BCUT2D eigenvalue weighted by Crippen LogP contribution is 2.34. The molecule has 3 aromatic rings. The van der Waals surface area contributed by atoms with Crippen LogP contribution in [0.1, 0.15) is 33.1 Å². The molecule has 1 unspecified atom stereocenters. The molecule has 2 heterocycles. The van der Waals surface area contributed by atoms with Crippen molar-refractivity contribution in [3.63, 3.8) is 0 Å². The van der Waals surface area contributed by atoms with Gasteiger partial charge in [-0.3, -0.25) is 19.7 Å². The standard InChI is InChI=1S/C25H27ClN4O8S/c1-3-10-38-22-8-7-16(39(35,36)29-9-5-6-15(14-29)25(32)37-4-2)11-18(22)23-27-20-13-19(26)21(30(33)34)12-17(20)24(31)28-23/h7-8,11-13,15H,3-6,9-10,14H2,1-2H3,(H,27,28,31). The van der Waals surface area contributed by atoms with Gasteiger partial charge in [-0.2, -0.15) is 4.31 Å². The minimum absolute atomic E-state index is 0.00335. The molecular formula is C25H27ClN4O8S. The molecule has 2 aromatic carbocycles. The summed E-state index contributed by atoms with van der Waals surface area (Å²) in [6.45, 7) is 4.36. The number of hydrogen-bond acceptors (Lipinski definition) is 9. The number of esters is 1. The lowest BCUT2D eigenvalue weighted by molar-refractivity contribution is -0.384. The summed E-state index contributed by atoms with van der Waals surface area (Å²) < 4.78 is 39.4. The van der Waals surface area contributed by atoms with E-state index in [-0.39, 0.29) is 57.7 Å². The smallest absolute Gasteiger partial charge is 0.310 e. The molecule has 1 fully saturated rings. The molecular weight excluding hydrogens is 552 g/mol. The number of carbonyl (C=O) groups excluding carboxylic acids is 1. The van der Waals surface area contributed by atoms with Gasteiger partial charge in [0, 0.05) is 19.2 Å². The number of H-pyrrole nitrogens is 1. The second kappa shape index (κ2) is 11.7. The number of nitrogens with zero attached hydrogens (tertiary/aromatic N) is 3. The SMILES string of the molecule is CCCOc1ccc(S(=O)(=O)N2CCCC(C(=O)OCC)C2)cc1-c1nc2cc(Cl)c([N+](=O)[O-])cc2c(=O)[nH]1. The fourth-order valence-corrected chi connectivity index (χ4v) is 6.15. The Morgan fingerprint density at radius 3 is 2.74 bits per heavy atom. The van der Waals surface area contributed by atoms with Crippen molar-refractivity contribution in [3.8, 4) is 17.1 Å². The first-order valence-corrected chi connectivity index (χ1v) is 14.2. The molecule has 4 rings (SSSR count). The predicted octanol–water partition coefficient (Wildman–Crippen LogP) is 3.90. The Bertz CT molecular complexity index is 1590. The first kappa shape index (κ1) is 28.5. The summed E-state index contributed by atoms with van der Waals surface area (Å²) in [6, 6.07) is 6.49. The van der Waals surface area contributed by atoms with E-state index in [1.54, 1.807) is 6.92 Å². The molecule has 1 N–H and O–H groups in total. The zero-order valence-electron chi connectivity index (χ0n) is 21.3. The summed E-state index contributed by atoms with van der Waals surface area (Å²) >= 11 is 6.04. The number of rotatable bonds is 9. The Kier molecular flexibility index (Phi) is 8.52. The number of fused-ring (bicyclic) bond motifs is 1. The van der Waals surface area contributed by atoms with Crippen molar-refractivity contribution in [3.05, 3.63) is 55.8 Å². The van der Waals surface area contributed by atoms with Crippen LogP contribution >= 0.6 is 11.6 Å². The molecule has 39 heavy (non-hydrogen) atoms. The van der Waals surface area contributed by atoms with Crippen LogP contribution in [0.2, 0.25) is 5.02 Å². The minimum atomic E-state index is -4.03. The van der Waals surface area contributed by atoms with Crippen molar-refractivity contribution >= 4 is 44.2 Å². The van der Waals surface area contributed by atoms with Crippen molar-refractivity contribution in [1.29, 1.82) is 0 Å². The van der Waals surface area contributed by atoms with Gasteiger partial charge in [0.1, 0.15) is 16.6 Å². The van der Waals surface area contributed by atoms with Gasteiger partial charge in [0.25, 0.3) is 11.2 Å². The summed E-state index contributed by atoms with van der Waals surface area (Å²) in [6.07, 6.45) is 1.70. The van der Waals surface area contributed by atoms with Crippen molar-refractivity contribution in [2.45, 2.75) is 38.0 Å². The van der Waals surface area contributed by atoms with Gasteiger partial charge >= 0.3 is 5.97 Å². The van der Waals surface area contributed by atoms with Gasteiger partial charge in [0.05, 0.1) is 45.4 Å². The van der Waals surface area contributed by atoms with Crippen LogP contribution < -0.4 is 10.3 Å². The Morgan fingerprint density at radius 1 is 1.28 bits per heavy atom. The quantitative estimate of drug-likeness (QED) is 0.225. The highest BCUT2D eigenvalue weighted by atomic mass is 35.5. The van der Waals surface area contributed by atoms with E-state index in [9.17, 15) is 28.1 Å². The number of halogens is 1. The van der Waals surface area contributed by atoms with Crippen LogP contribution in [0.4, 0.5) is 5.69 Å². The first-order valence-electron chi connectivity index (χ1n) is 12.4. The van der Waals surface area contributed by atoms with Crippen LogP contribution in [-0.2, 0) is 19.6 Å². The van der Waals surface area contributed by atoms with E-state index in [4.69, 9.17) is 21.1 Å². The monoisotopic (exact) mass is 578 g/mol. The lowest BCUT2D eigenvalue weighted by Gasteiger charge is -2.30. The number of nitro groups is 1. The molecule has 0 amide bonds. The highest BCUT2D eigenvalue weighted by molar-refractivity contribution is 7.89. The Morgan fingerprint density at radius 2 is 2.05 bits per heavy atom.